The predicted octanol–water partition coefficient (Wildman–Crippen LogP) is 2.84. The van der Waals surface area contributed by atoms with E-state index in [-0.39, 0.29) is 5.91 Å². The van der Waals surface area contributed by atoms with E-state index in [4.69, 9.17) is 0 Å². The predicted molar refractivity (Wildman–Crippen MR) is 103 cm³/mol. The number of carbonyl (C=O) groups is 1. The van der Waals surface area contributed by atoms with Crippen molar-refractivity contribution in [2.75, 3.05) is 48.8 Å². The Labute approximate surface area is 147 Å². The second-order valence-electron chi connectivity index (χ2n) is 6.54. The minimum Gasteiger partial charge on any atom is -0.369 e. The minimum atomic E-state index is -0.0669. The standard InChI is InChI=1S/C20H22N4O/c1-23-10-12-24(13-11-23)16-8-6-15(7-9-16)21-14-18-17-4-2-3-5-19(17)22-20(18)25/h2-9,14,21H,10-13H2,1H3,(H,22,25). The normalized spacial score (nSPS) is 19.0. The molecule has 2 N–H and O–H groups in total. The van der Waals surface area contributed by atoms with Gasteiger partial charge in [-0.2, -0.15) is 0 Å². The van der Waals surface area contributed by atoms with Crippen LogP contribution < -0.4 is 15.5 Å². The Kier molecular flexibility index (Phi) is 4.15. The van der Waals surface area contributed by atoms with Gasteiger partial charge in [-0.3, -0.25) is 4.79 Å². The zero-order valence-corrected chi connectivity index (χ0v) is 14.3. The van der Waals surface area contributed by atoms with E-state index < -0.39 is 0 Å². The number of para-hydroxylation sites is 1. The third kappa shape index (κ3) is 3.23. The van der Waals surface area contributed by atoms with Crippen molar-refractivity contribution >= 4 is 28.5 Å². The van der Waals surface area contributed by atoms with Crippen LogP contribution in [-0.2, 0) is 4.79 Å². The van der Waals surface area contributed by atoms with E-state index in [9.17, 15) is 4.79 Å². The Balaban J connectivity index is 1.46. The Hall–Kier alpha value is -2.79. The van der Waals surface area contributed by atoms with Gasteiger partial charge in [-0.1, -0.05) is 18.2 Å². The number of piperazine rings is 1. The summed E-state index contributed by atoms with van der Waals surface area (Å²) in [6.45, 7) is 4.32. The lowest BCUT2D eigenvalue weighted by Crippen LogP contribution is -2.44. The van der Waals surface area contributed by atoms with Crippen molar-refractivity contribution in [2.24, 2.45) is 0 Å². The molecule has 1 fully saturated rings. The van der Waals surface area contributed by atoms with E-state index in [1.165, 1.54) is 5.69 Å². The summed E-state index contributed by atoms with van der Waals surface area (Å²) in [5.41, 5.74) is 4.69. The van der Waals surface area contributed by atoms with E-state index in [1.807, 2.05) is 24.3 Å². The number of anilines is 3. The summed E-state index contributed by atoms with van der Waals surface area (Å²) < 4.78 is 0. The fourth-order valence-electron chi connectivity index (χ4n) is 3.27. The monoisotopic (exact) mass is 334 g/mol. The summed E-state index contributed by atoms with van der Waals surface area (Å²) >= 11 is 0. The van der Waals surface area contributed by atoms with Crippen LogP contribution in [0.1, 0.15) is 5.56 Å². The first-order valence-corrected chi connectivity index (χ1v) is 8.62. The topological polar surface area (TPSA) is 47.6 Å². The Morgan fingerprint density at radius 2 is 1.72 bits per heavy atom. The van der Waals surface area contributed by atoms with Gasteiger partial charge in [0.1, 0.15) is 0 Å². The largest absolute Gasteiger partial charge is 0.369 e. The summed E-state index contributed by atoms with van der Waals surface area (Å²) in [6, 6.07) is 16.1. The van der Waals surface area contributed by atoms with Gasteiger partial charge in [-0.15, -0.1) is 0 Å². The van der Waals surface area contributed by atoms with Crippen LogP contribution in [0.2, 0.25) is 0 Å². The molecule has 2 aromatic carbocycles. The highest BCUT2D eigenvalue weighted by atomic mass is 16.2. The molecule has 4 rings (SSSR count). The van der Waals surface area contributed by atoms with Crippen LogP contribution in [0.4, 0.5) is 17.1 Å². The number of likely N-dealkylation sites (N-methyl/N-ethyl adjacent to an activating group) is 1. The molecular weight excluding hydrogens is 312 g/mol. The summed E-state index contributed by atoms with van der Waals surface area (Å²) in [5, 5.41) is 6.13. The number of nitrogens with zero attached hydrogens (tertiary/aromatic N) is 2. The van der Waals surface area contributed by atoms with Gasteiger partial charge in [0.25, 0.3) is 5.91 Å². The summed E-state index contributed by atoms with van der Waals surface area (Å²) in [5.74, 6) is -0.0669. The average Bonchev–Trinajstić information content (AvgIpc) is 2.96. The number of hydrogen-bond acceptors (Lipinski definition) is 4. The molecule has 2 heterocycles. The molecule has 5 heteroatoms. The number of nitrogens with one attached hydrogen (secondary N) is 2. The molecule has 0 saturated carbocycles. The van der Waals surface area contributed by atoms with Crippen LogP contribution in [0.3, 0.4) is 0 Å². The van der Waals surface area contributed by atoms with Crippen LogP contribution in [-0.4, -0.2) is 44.0 Å². The number of hydrogen-bond donors (Lipinski definition) is 2. The van der Waals surface area contributed by atoms with Crippen LogP contribution in [0, 0.1) is 0 Å². The maximum atomic E-state index is 12.1. The van der Waals surface area contributed by atoms with E-state index in [0.717, 1.165) is 43.1 Å². The highest BCUT2D eigenvalue weighted by Crippen LogP contribution is 2.31. The molecular formula is C20H22N4O. The second-order valence-corrected chi connectivity index (χ2v) is 6.54. The van der Waals surface area contributed by atoms with Crippen molar-refractivity contribution in [1.82, 2.24) is 4.90 Å². The van der Waals surface area contributed by atoms with E-state index in [2.05, 4.69) is 51.7 Å². The lowest BCUT2D eigenvalue weighted by Gasteiger charge is -2.34. The fourth-order valence-corrected chi connectivity index (χ4v) is 3.27. The van der Waals surface area contributed by atoms with Gasteiger partial charge in [0.15, 0.2) is 0 Å². The highest BCUT2D eigenvalue weighted by molar-refractivity contribution is 6.31. The number of amides is 1. The van der Waals surface area contributed by atoms with Crippen LogP contribution >= 0.6 is 0 Å². The quantitative estimate of drug-likeness (QED) is 0.848. The van der Waals surface area contributed by atoms with E-state index >= 15 is 0 Å². The van der Waals surface area contributed by atoms with Gasteiger partial charge in [0, 0.05) is 55.0 Å². The molecule has 2 aromatic rings. The summed E-state index contributed by atoms with van der Waals surface area (Å²) in [7, 11) is 2.16. The molecule has 1 saturated heterocycles. The summed E-state index contributed by atoms with van der Waals surface area (Å²) in [4.78, 5) is 16.9. The zero-order chi connectivity index (χ0) is 17.2. The molecule has 128 valence electrons. The Morgan fingerprint density at radius 1 is 1.00 bits per heavy atom. The van der Waals surface area contributed by atoms with E-state index in [0.29, 0.717) is 5.57 Å². The molecule has 1 amide bonds. The molecule has 0 unspecified atom stereocenters. The molecule has 0 aromatic heterocycles. The van der Waals surface area contributed by atoms with Gasteiger partial charge in [-0.05, 0) is 37.4 Å². The third-order valence-electron chi connectivity index (χ3n) is 4.83. The fraction of sp³-hybridized carbons (Fsp3) is 0.250. The number of rotatable bonds is 3. The molecule has 2 aliphatic rings. The van der Waals surface area contributed by atoms with E-state index in [1.54, 1.807) is 6.20 Å². The smallest absolute Gasteiger partial charge is 0.257 e. The third-order valence-corrected chi connectivity index (χ3v) is 4.83. The van der Waals surface area contributed by atoms with Gasteiger partial charge >= 0.3 is 0 Å². The lowest BCUT2D eigenvalue weighted by molar-refractivity contribution is -0.110. The van der Waals surface area contributed by atoms with Crippen LogP contribution in [0.5, 0.6) is 0 Å². The number of benzene rings is 2. The lowest BCUT2D eigenvalue weighted by atomic mass is 10.1. The van der Waals surface area contributed by atoms with Crippen molar-refractivity contribution in [3.05, 3.63) is 60.3 Å². The number of carbonyl (C=O) groups excluding carboxylic acids is 1. The van der Waals surface area contributed by atoms with Crippen molar-refractivity contribution in [3.8, 4) is 0 Å². The minimum absolute atomic E-state index is 0.0669. The molecule has 0 radical (unpaired) electrons. The van der Waals surface area contributed by atoms with Gasteiger partial charge in [0.2, 0.25) is 0 Å². The molecule has 0 bridgehead atoms. The maximum absolute atomic E-state index is 12.1. The molecule has 0 atom stereocenters. The molecule has 5 nitrogen and oxygen atoms in total. The Morgan fingerprint density at radius 3 is 2.48 bits per heavy atom. The van der Waals surface area contributed by atoms with Crippen LogP contribution in [0.15, 0.2) is 54.7 Å². The van der Waals surface area contributed by atoms with Crippen molar-refractivity contribution < 1.29 is 4.79 Å². The van der Waals surface area contributed by atoms with Crippen molar-refractivity contribution in [1.29, 1.82) is 0 Å². The summed E-state index contributed by atoms with van der Waals surface area (Å²) in [6.07, 6.45) is 1.78. The highest BCUT2D eigenvalue weighted by Gasteiger charge is 2.23. The first-order chi connectivity index (χ1) is 12.2. The van der Waals surface area contributed by atoms with Crippen molar-refractivity contribution in [2.45, 2.75) is 0 Å². The van der Waals surface area contributed by atoms with Gasteiger partial charge < -0.3 is 20.4 Å². The van der Waals surface area contributed by atoms with Gasteiger partial charge in [0.05, 0.1) is 5.57 Å². The molecule has 25 heavy (non-hydrogen) atoms. The maximum Gasteiger partial charge on any atom is 0.257 e. The SMILES string of the molecule is CN1CCN(c2ccc(NC=C3C(=O)Nc4ccccc43)cc2)CC1. The zero-order valence-electron chi connectivity index (χ0n) is 14.3. The first-order valence-electron chi connectivity index (χ1n) is 8.62. The molecule has 0 aliphatic carbocycles. The van der Waals surface area contributed by atoms with Crippen LogP contribution in [0.25, 0.3) is 5.57 Å². The number of fused-ring (bicyclic) bond motifs is 1. The Bertz CT molecular complexity index is 805. The van der Waals surface area contributed by atoms with Gasteiger partial charge in [-0.25, -0.2) is 0 Å². The first kappa shape index (κ1) is 15.7. The van der Waals surface area contributed by atoms with Crippen molar-refractivity contribution in [3.63, 3.8) is 0 Å². The molecule has 2 aliphatic heterocycles. The molecule has 0 spiro atoms. The average molecular weight is 334 g/mol. The second kappa shape index (κ2) is 6.61.